The second-order valence-corrected chi connectivity index (χ2v) is 8.63. The summed E-state index contributed by atoms with van der Waals surface area (Å²) in [6.45, 7) is 0. The van der Waals surface area contributed by atoms with Crippen molar-refractivity contribution in [2.75, 3.05) is 12.0 Å². The molecule has 0 saturated carbocycles. The molecule has 3 aromatic carbocycles. The van der Waals surface area contributed by atoms with Crippen LogP contribution in [0.3, 0.4) is 0 Å². The molecule has 0 aromatic heterocycles. The van der Waals surface area contributed by atoms with Crippen molar-refractivity contribution < 1.29 is 23.1 Å². The number of benzene rings is 3. The van der Waals surface area contributed by atoms with Crippen LogP contribution in [-0.4, -0.2) is 26.5 Å². The Kier molecular flexibility index (Phi) is 5.05. The van der Waals surface area contributed by atoms with Gasteiger partial charge in [0, 0.05) is 5.69 Å². The molecule has 30 heavy (non-hydrogen) atoms. The number of ether oxygens (including phenoxy) is 1. The second kappa shape index (κ2) is 7.68. The molecule has 4 rings (SSSR count). The first-order valence-electron chi connectivity index (χ1n) is 9.21. The molecule has 1 N–H and O–H groups in total. The lowest BCUT2D eigenvalue weighted by Gasteiger charge is -2.27. The van der Waals surface area contributed by atoms with E-state index in [4.69, 9.17) is 4.74 Å². The highest BCUT2D eigenvalue weighted by Crippen LogP contribution is 2.44. The second-order valence-electron chi connectivity index (χ2n) is 6.72. The lowest BCUT2D eigenvalue weighted by molar-refractivity contribution is -0.117. The summed E-state index contributed by atoms with van der Waals surface area (Å²) in [4.78, 5) is 14.0. The molecule has 6 nitrogen and oxygen atoms in total. The number of carbonyl (C=O) groups excluding carboxylic acids is 1. The molecular weight excluding hydrogens is 402 g/mol. The maximum Gasteiger partial charge on any atom is 0.295 e. The summed E-state index contributed by atoms with van der Waals surface area (Å²) < 4.78 is 32.0. The van der Waals surface area contributed by atoms with Gasteiger partial charge in [-0.3, -0.25) is 9.69 Å². The number of methoxy groups -OCH3 is 1. The Hall–Kier alpha value is -3.58. The average molecular weight is 421 g/mol. The third kappa shape index (κ3) is 3.23. The van der Waals surface area contributed by atoms with Gasteiger partial charge in [0.2, 0.25) is 9.84 Å². The van der Waals surface area contributed by atoms with Crippen molar-refractivity contribution in [2.24, 2.45) is 0 Å². The summed E-state index contributed by atoms with van der Waals surface area (Å²) in [6.07, 6.45) is 0. The first kappa shape index (κ1) is 19.7. The van der Waals surface area contributed by atoms with Crippen LogP contribution in [0.1, 0.15) is 11.6 Å². The zero-order chi connectivity index (χ0) is 21.3. The Morgan fingerprint density at radius 3 is 2.00 bits per heavy atom. The Labute approximate surface area is 174 Å². The van der Waals surface area contributed by atoms with E-state index in [0.717, 1.165) is 0 Å². The molecule has 0 fully saturated rings. The minimum absolute atomic E-state index is 0.0110. The monoisotopic (exact) mass is 421 g/mol. The van der Waals surface area contributed by atoms with E-state index < -0.39 is 27.5 Å². The van der Waals surface area contributed by atoms with Crippen LogP contribution in [0.5, 0.6) is 5.75 Å². The fraction of sp³-hybridized carbons (Fsp3) is 0.0870. The number of hydrogen-bond donors (Lipinski definition) is 1. The average Bonchev–Trinajstić information content (AvgIpc) is 3.06. The molecule has 1 aliphatic rings. The number of aliphatic hydroxyl groups is 1. The molecule has 0 saturated heterocycles. The number of rotatable bonds is 5. The summed E-state index contributed by atoms with van der Waals surface area (Å²) in [5, 5.41) is 10.7. The molecule has 7 heteroatoms. The summed E-state index contributed by atoms with van der Waals surface area (Å²) in [5.74, 6) is -0.956. The van der Waals surface area contributed by atoms with Crippen molar-refractivity contribution in [3.63, 3.8) is 0 Å². The number of aliphatic hydroxyl groups excluding tert-OH is 1. The largest absolute Gasteiger partial charge is 0.502 e. The summed E-state index contributed by atoms with van der Waals surface area (Å²) in [5.41, 5.74) is 1.01. The highest BCUT2D eigenvalue weighted by Gasteiger charge is 2.47. The van der Waals surface area contributed by atoms with Gasteiger partial charge in [0.1, 0.15) is 16.7 Å². The van der Waals surface area contributed by atoms with Gasteiger partial charge in [-0.05, 0) is 42.0 Å². The van der Waals surface area contributed by atoms with Crippen LogP contribution in [0.4, 0.5) is 5.69 Å². The molecule has 1 unspecified atom stereocenters. The quantitative estimate of drug-likeness (QED) is 0.673. The van der Waals surface area contributed by atoms with Crippen molar-refractivity contribution in [3.05, 3.63) is 101 Å². The number of sulfone groups is 1. The van der Waals surface area contributed by atoms with Gasteiger partial charge in [0.05, 0.1) is 12.0 Å². The van der Waals surface area contributed by atoms with Gasteiger partial charge in [-0.25, -0.2) is 8.42 Å². The zero-order valence-corrected chi connectivity index (χ0v) is 16.9. The maximum absolute atomic E-state index is 13.4. The van der Waals surface area contributed by atoms with Gasteiger partial charge in [-0.15, -0.1) is 0 Å². The molecule has 1 heterocycles. The summed E-state index contributed by atoms with van der Waals surface area (Å²) in [7, 11) is -2.60. The standard InChI is InChI=1S/C23H19NO5S/c1-29-18-14-12-17(13-15-18)24-20(16-8-4-2-5-9-16)22(21(25)23(24)26)30(27,28)19-10-6-3-7-11-19/h2-15,20,25H,1H3. The van der Waals surface area contributed by atoms with Crippen LogP contribution in [0.25, 0.3) is 0 Å². The number of hydrogen-bond acceptors (Lipinski definition) is 5. The summed E-state index contributed by atoms with van der Waals surface area (Å²) >= 11 is 0. The normalized spacial score (nSPS) is 16.8. The molecule has 3 aromatic rings. The lowest BCUT2D eigenvalue weighted by Crippen LogP contribution is -2.31. The predicted octanol–water partition coefficient (Wildman–Crippen LogP) is 4.03. The first-order valence-corrected chi connectivity index (χ1v) is 10.7. The van der Waals surface area contributed by atoms with Crippen molar-refractivity contribution in [3.8, 4) is 5.75 Å². The molecule has 0 spiro atoms. The van der Waals surface area contributed by atoms with Crippen LogP contribution in [0.2, 0.25) is 0 Å². The van der Waals surface area contributed by atoms with Gasteiger partial charge in [0.25, 0.3) is 5.91 Å². The van der Waals surface area contributed by atoms with Crippen molar-refractivity contribution in [1.82, 2.24) is 0 Å². The lowest BCUT2D eigenvalue weighted by atomic mass is 10.1. The Bertz CT molecular complexity index is 1200. The van der Waals surface area contributed by atoms with Crippen LogP contribution in [0, 0.1) is 0 Å². The van der Waals surface area contributed by atoms with Crippen LogP contribution in [0.15, 0.2) is 100 Å². The van der Waals surface area contributed by atoms with E-state index in [-0.39, 0.29) is 9.80 Å². The van der Waals surface area contributed by atoms with Gasteiger partial charge >= 0.3 is 0 Å². The molecule has 0 radical (unpaired) electrons. The van der Waals surface area contributed by atoms with Crippen LogP contribution < -0.4 is 9.64 Å². The SMILES string of the molecule is COc1ccc(N2C(=O)C(O)=C(S(=O)(=O)c3ccccc3)C2c2ccccc2)cc1. The predicted molar refractivity (Wildman–Crippen MR) is 113 cm³/mol. The molecule has 1 atom stereocenters. The maximum atomic E-state index is 13.4. The molecule has 0 aliphatic carbocycles. The highest BCUT2D eigenvalue weighted by molar-refractivity contribution is 7.95. The molecule has 152 valence electrons. The van der Waals surface area contributed by atoms with E-state index in [1.54, 1.807) is 72.8 Å². The number of carbonyl (C=O) groups is 1. The topological polar surface area (TPSA) is 83.9 Å². The van der Waals surface area contributed by atoms with Crippen LogP contribution in [-0.2, 0) is 14.6 Å². The first-order chi connectivity index (χ1) is 14.4. The van der Waals surface area contributed by atoms with Gasteiger partial charge in [-0.1, -0.05) is 48.5 Å². The molecule has 1 amide bonds. The van der Waals surface area contributed by atoms with E-state index in [1.807, 2.05) is 0 Å². The minimum atomic E-state index is -4.13. The van der Waals surface area contributed by atoms with Crippen molar-refractivity contribution >= 4 is 21.4 Å². The van der Waals surface area contributed by atoms with Crippen molar-refractivity contribution in [2.45, 2.75) is 10.9 Å². The fourth-order valence-electron chi connectivity index (χ4n) is 3.53. The van der Waals surface area contributed by atoms with Gasteiger partial charge in [0.15, 0.2) is 5.76 Å². The van der Waals surface area contributed by atoms with E-state index >= 15 is 0 Å². The zero-order valence-electron chi connectivity index (χ0n) is 16.1. The Balaban J connectivity index is 1.91. The third-order valence-electron chi connectivity index (χ3n) is 4.97. The highest BCUT2D eigenvalue weighted by atomic mass is 32.2. The number of amides is 1. The molecule has 1 aliphatic heterocycles. The third-order valence-corrected chi connectivity index (χ3v) is 6.86. The van der Waals surface area contributed by atoms with Crippen molar-refractivity contribution in [1.29, 1.82) is 0 Å². The fourth-order valence-corrected chi connectivity index (χ4v) is 5.18. The summed E-state index contributed by atoms with van der Waals surface area (Å²) in [6, 6.07) is 22.2. The van der Waals surface area contributed by atoms with Gasteiger partial charge < -0.3 is 9.84 Å². The molecular formula is C23H19NO5S. The Morgan fingerprint density at radius 1 is 0.867 bits per heavy atom. The van der Waals surface area contributed by atoms with E-state index in [2.05, 4.69) is 0 Å². The Morgan fingerprint density at radius 2 is 1.43 bits per heavy atom. The van der Waals surface area contributed by atoms with Crippen LogP contribution >= 0.6 is 0 Å². The number of anilines is 1. The van der Waals surface area contributed by atoms with E-state index in [1.165, 1.54) is 24.1 Å². The van der Waals surface area contributed by atoms with E-state index in [0.29, 0.717) is 17.0 Å². The minimum Gasteiger partial charge on any atom is -0.502 e. The smallest absolute Gasteiger partial charge is 0.295 e. The molecule has 0 bridgehead atoms. The number of nitrogens with zero attached hydrogens (tertiary/aromatic N) is 1. The van der Waals surface area contributed by atoms with Gasteiger partial charge in [-0.2, -0.15) is 0 Å². The van der Waals surface area contributed by atoms with E-state index in [9.17, 15) is 18.3 Å².